The van der Waals surface area contributed by atoms with Gasteiger partial charge in [-0.3, -0.25) is 0 Å². The topological polar surface area (TPSA) is 161 Å². The molecule has 0 aromatic heterocycles. The summed E-state index contributed by atoms with van der Waals surface area (Å²) in [7, 11) is 0. The van der Waals surface area contributed by atoms with Crippen LogP contribution in [0.4, 0.5) is 0 Å². The van der Waals surface area contributed by atoms with E-state index in [4.69, 9.17) is 0 Å². The largest absolute Gasteiger partial charge is 4.00 e. The van der Waals surface area contributed by atoms with E-state index in [1.165, 1.54) is 12.8 Å². The Labute approximate surface area is 182 Å². The van der Waals surface area contributed by atoms with Crippen molar-refractivity contribution in [3.05, 3.63) is 58.7 Å². The van der Waals surface area contributed by atoms with Gasteiger partial charge in [-0.2, -0.15) is 0 Å². The number of carbonyl (C=O) groups is 4. The van der Waals surface area contributed by atoms with E-state index in [9.17, 15) is 39.6 Å². The molecule has 8 nitrogen and oxygen atoms in total. The van der Waals surface area contributed by atoms with Gasteiger partial charge < -0.3 is 39.6 Å². The van der Waals surface area contributed by atoms with E-state index >= 15 is 0 Å². The molecule has 0 aromatic carbocycles. The molecule has 1 aliphatic carbocycles. The molecule has 0 spiro atoms. The van der Waals surface area contributed by atoms with Crippen molar-refractivity contribution in [1.82, 2.24) is 0 Å². The zero-order valence-electron chi connectivity index (χ0n) is 16.5. The van der Waals surface area contributed by atoms with Gasteiger partial charge in [-0.05, 0) is 62.8 Å². The molecule has 1 rings (SSSR count). The maximum atomic E-state index is 9.99. The molecule has 0 saturated heterocycles. The van der Waals surface area contributed by atoms with Gasteiger partial charge in [0.1, 0.15) is 0 Å². The Morgan fingerprint density at radius 3 is 0.897 bits per heavy atom. The van der Waals surface area contributed by atoms with E-state index in [0.717, 1.165) is 27.7 Å². The molecule has 29 heavy (non-hydrogen) atoms. The van der Waals surface area contributed by atoms with Crippen LogP contribution in [-0.4, -0.2) is 23.9 Å². The minimum Gasteiger partial charge on any atom is -0.545 e. The van der Waals surface area contributed by atoms with Gasteiger partial charge in [0.2, 0.25) is 0 Å². The average molecular weight is 491 g/mol. The zero-order valence-corrected chi connectivity index (χ0v) is 18.2. The summed E-state index contributed by atoms with van der Waals surface area (Å²) in [5.41, 5.74) is -1.22. The van der Waals surface area contributed by atoms with Crippen LogP contribution in [0.25, 0.3) is 0 Å². The SMILES string of the molecule is C/C(C(=O)[O-])=C(/C)C(=O)[O-].C/C(C(=O)[O-])=C(/C)C(=O)[O-].C1=C/C=C\CCC=C1.[Ru+4]. The average Bonchev–Trinajstić information content (AvgIpc) is 2.59. The summed E-state index contributed by atoms with van der Waals surface area (Å²) < 4.78 is 0. The number of hydrogen-bond donors (Lipinski definition) is 0. The fourth-order valence-electron chi connectivity index (χ4n) is 1.28. The number of hydrogen-bond acceptors (Lipinski definition) is 8. The van der Waals surface area contributed by atoms with E-state index < -0.39 is 23.9 Å². The second-order valence-corrected chi connectivity index (χ2v) is 5.47. The molecule has 0 amide bonds. The van der Waals surface area contributed by atoms with Gasteiger partial charge in [-0.15, -0.1) is 0 Å². The van der Waals surface area contributed by atoms with Crippen molar-refractivity contribution in [3.8, 4) is 0 Å². The quantitative estimate of drug-likeness (QED) is 0.325. The molecule has 0 aromatic rings. The second kappa shape index (κ2) is 17.3. The molecular formula is C20H22O8Ru. The van der Waals surface area contributed by atoms with Gasteiger partial charge >= 0.3 is 19.5 Å². The summed E-state index contributed by atoms with van der Waals surface area (Å²) in [4.78, 5) is 39.9. The van der Waals surface area contributed by atoms with Crippen molar-refractivity contribution in [3.63, 3.8) is 0 Å². The zero-order chi connectivity index (χ0) is 22.3. The van der Waals surface area contributed by atoms with Crippen LogP contribution in [0.2, 0.25) is 0 Å². The maximum Gasteiger partial charge on any atom is 4.00 e. The minimum absolute atomic E-state index is 0. The van der Waals surface area contributed by atoms with E-state index in [0.29, 0.717) is 0 Å². The summed E-state index contributed by atoms with van der Waals surface area (Å²) in [6.45, 7) is 4.61. The molecule has 0 heterocycles. The first-order valence-corrected chi connectivity index (χ1v) is 8.12. The standard InChI is InChI=1S/C8H10.2C6H8O4.Ru/c1-2-4-6-8-7-5-3-1;2*1-3(5(7)8)4(2)6(9)10;/h1-6H,7-8H2;2*1-2H3,(H,7,8)(H,9,10);/q;;;+4/p-4/b2-1?,5-3-,6-4?;2*4-3+;. The van der Waals surface area contributed by atoms with E-state index in [-0.39, 0.29) is 41.8 Å². The summed E-state index contributed by atoms with van der Waals surface area (Å²) in [6.07, 6.45) is 15.0. The number of allylic oxidation sites excluding steroid dienone is 6. The van der Waals surface area contributed by atoms with Crippen molar-refractivity contribution in [2.75, 3.05) is 0 Å². The summed E-state index contributed by atoms with van der Waals surface area (Å²) in [5.74, 6) is -5.94. The van der Waals surface area contributed by atoms with E-state index in [2.05, 4.69) is 36.5 Å². The van der Waals surface area contributed by atoms with Gasteiger partial charge in [-0.25, -0.2) is 0 Å². The smallest absolute Gasteiger partial charge is 0.545 e. The van der Waals surface area contributed by atoms with Gasteiger partial charge in [0.15, 0.2) is 0 Å². The van der Waals surface area contributed by atoms with Crippen LogP contribution >= 0.6 is 0 Å². The number of rotatable bonds is 4. The third-order valence-electron chi connectivity index (χ3n) is 3.46. The van der Waals surface area contributed by atoms with Crippen molar-refractivity contribution in [1.29, 1.82) is 0 Å². The number of carboxylic acid groups (broad SMARTS) is 4. The van der Waals surface area contributed by atoms with Gasteiger partial charge in [0, 0.05) is 0 Å². The van der Waals surface area contributed by atoms with E-state index in [1.54, 1.807) is 0 Å². The summed E-state index contributed by atoms with van der Waals surface area (Å²) in [6, 6.07) is 0. The van der Waals surface area contributed by atoms with Crippen LogP contribution in [-0.2, 0) is 38.7 Å². The Morgan fingerprint density at radius 1 is 0.517 bits per heavy atom. The second-order valence-electron chi connectivity index (χ2n) is 5.47. The van der Waals surface area contributed by atoms with Gasteiger partial charge in [0.25, 0.3) is 0 Å². The molecule has 0 saturated carbocycles. The molecule has 158 valence electrons. The molecular weight excluding hydrogens is 469 g/mol. The monoisotopic (exact) mass is 492 g/mol. The van der Waals surface area contributed by atoms with Crippen LogP contribution < -0.4 is 20.4 Å². The molecule has 0 fully saturated rings. The molecule has 0 aliphatic heterocycles. The maximum absolute atomic E-state index is 9.99. The summed E-state index contributed by atoms with van der Waals surface area (Å²) in [5, 5.41) is 39.9. The van der Waals surface area contributed by atoms with Crippen LogP contribution in [0.1, 0.15) is 40.5 Å². The third-order valence-corrected chi connectivity index (χ3v) is 3.46. The van der Waals surface area contributed by atoms with Gasteiger partial charge in [-0.1, -0.05) is 36.5 Å². The van der Waals surface area contributed by atoms with Crippen LogP contribution in [0.3, 0.4) is 0 Å². The first-order valence-electron chi connectivity index (χ1n) is 8.12. The van der Waals surface area contributed by atoms with Crippen molar-refractivity contribution >= 4 is 23.9 Å². The molecule has 0 unspecified atom stereocenters. The number of carbonyl (C=O) groups excluding carboxylic acids is 4. The Balaban J connectivity index is -0.000000345. The molecule has 0 N–H and O–H groups in total. The van der Waals surface area contributed by atoms with Crippen LogP contribution in [0, 0.1) is 0 Å². The molecule has 0 radical (unpaired) electrons. The number of carboxylic acids is 4. The third kappa shape index (κ3) is 15.9. The van der Waals surface area contributed by atoms with E-state index in [1.807, 2.05) is 0 Å². The Kier molecular flexibility index (Phi) is 18.5. The Bertz CT molecular complexity index is 634. The van der Waals surface area contributed by atoms with Crippen LogP contribution in [0.15, 0.2) is 58.7 Å². The fourth-order valence-corrected chi connectivity index (χ4v) is 1.28. The molecule has 0 atom stereocenters. The minimum atomic E-state index is -1.48. The Hall–Kier alpha value is -2.80. The molecule has 0 bridgehead atoms. The number of aliphatic carboxylic acids is 4. The predicted molar refractivity (Wildman–Crippen MR) is 93.4 cm³/mol. The van der Waals surface area contributed by atoms with Crippen LogP contribution in [0.5, 0.6) is 0 Å². The van der Waals surface area contributed by atoms with Gasteiger partial charge in [0.05, 0.1) is 23.9 Å². The van der Waals surface area contributed by atoms with Crippen molar-refractivity contribution in [2.45, 2.75) is 40.5 Å². The van der Waals surface area contributed by atoms with Crippen molar-refractivity contribution in [2.24, 2.45) is 0 Å². The van der Waals surface area contributed by atoms with Crippen molar-refractivity contribution < 1.29 is 59.1 Å². The normalized spacial score (nSPS) is 14.5. The first-order chi connectivity index (χ1) is 12.9. The summed E-state index contributed by atoms with van der Waals surface area (Å²) >= 11 is 0. The predicted octanol–water partition coefficient (Wildman–Crippen LogP) is -1.91. The molecule has 1 aliphatic rings. The fraction of sp³-hybridized carbons (Fsp3) is 0.300. The molecule has 9 heteroatoms. The Morgan fingerprint density at radius 2 is 0.724 bits per heavy atom. The first kappa shape index (κ1) is 30.9.